The first-order valence-electron chi connectivity index (χ1n) is 5.91. The normalized spacial score (nSPS) is 11.6. The number of aromatic nitrogens is 1. The Hall–Kier alpha value is -1.80. The highest BCUT2D eigenvalue weighted by Gasteiger charge is 2.05. The molecular formula is C16H10BrN. The lowest BCUT2D eigenvalue weighted by Crippen LogP contribution is -1.74. The highest BCUT2D eigenvalue weighted by atomic mass is 79.9. The minimum atomic E-state index is 1.12. The van der Waals surface area contributed by atoms with Crippen molar-refractivity contribution < 1.29 is 0 Å². The Morgan fingerprint density at radius 1 is 0.722 bits per heavy atom. The van der Waals surface area contributed by atoms with Gasteiger partial charge >= 0.3 is 0 Å². The van der Waals surface area contributed by atoms with Gasteiger partial charge in [0.05, 0.1) is 0 Å². The molecule has 4 aromatic rings. The summed E-state index contributed by atoms with van der Waals surface area (Å²) >= 11 is 3.52. The Labute approximate surface area is 113 Å². The molecule has 0 unspecified atom stereocenters. The smallest absolute Gasteiger partial charge is 0.0471 e. The molecule has 1 nitrogen and oxygen atoms in total. The SMILES string of the molecule is Brc1ccc2cc3c(cc2c1)[nH]c1ccccc13. The standard InChI is InChI=1S/C16H10BrN/c17-12-6-5-10-8-14-13-3-1-2-4-15(13)18-16(14)9-11(10)7-12/h1-9,18H. The molecule has 3 aromatic carbocycles. The molecule has 0 bridgehead atoms. The van der Waals surface area contributed by atoms with Crippen molar-refractivity contribution in [3.05, 3.63) is 59.1 Å². The van der Waals surface area contributed by atoms with Crippen LogP contribution in [0, 0.1) is 0 Å². The van der Waals surface area contributed by atoms with Gasteiger partial charge in [-0.05, 0) is 41.1 Å². The van der Waals surface area contributed by atoms with E-state index in [-0.39, 0.29) is 0 Å². The molecule has 0 aliphatic rings. The Morgan fingerprint density at radius 2 is 1.61 bits per heavy atom. The number of halogens is 1. The zero-order valence-corrected chi connectivity index (χ0v) is 11.2. The van der Waals surface area contributed by atoms with Crippen LogP contribution in [0.25, 0.3) is 32.6 Å². The summed E-state index contributed by atoms with van der Waals surface area (Å²) in [5, 5.41) is 5.11. The van der Waals surface area contributed by atoms with Crippen molar-refractivity contribution in [2.45, 2.75) is 0 Å². The quantitative estimate of drug-likeness (QED) is 0.457. The van der Waals surface area contributed by atoms with Gasteiger partial charge in [-0.2, -0.15) is 0 Å². The number of rotatable bonds is 0. The van der Waals surface area contributed by atoms with Crippen LogP contribution in [0.3, 0.4) is 0 Å². The number of para-hydroxylation sites is 1. The van der Waals surface area contributed by atoms with E-state index in [0.717, 1.165) is 4.47 Å². The average Bonchev–Trinajstić information content (AvgIpc) is 2.73. The molecule has 0 radical (unpaired) electrons. The van der Waals surface area contributed by atoms with Gasteiger partial charge in [-0.1, -0.05) is 40.2 Å². The maximum Gasteiger partial charge on any atom is 0.0471 e. The summed E-state index contributed by atoms with van der Waals surface area (Å²) in [5.41, 5.74) is 2.39. The lowest BCUT2D eigenvalue weighted by atomic mass is 10.1. The number of H-pyrrole nitrogens is 1. The molecule has 1 N–H and O–H groups in total. The van der Waals surface area contributed by atoms with Crippen molar-refractivity contribution in [1.82, 2.24) is 4.98 Å². The van der Waals surface area contributed by atoms with E-state index in [1.807, 2.05) is 0 Å². The van der Waals surface area contributed by atoms with Crippen LogP contribution in [0.2, 0.25) is 0 Å². The van der Waals surface area contributed by atoms with Crippen LogP contribution < -0.4 is 0 Å². The summed E-state index contributed by atoms with van der Waals surface area (Å²) in [7, 11) is 0. The molecule has 0 spiro atoms. The molecule has 0 saturated carbocycles. The van der Waals surface area contributed by atoms with E-state index < -0.39 is 0 Å². The van der Waals surface area contributed by atoms with Gasteiger partial charge < -0.3 is 4.98 Å². The number of fused-ring (bicyclic) bond motifs is 4. The third-order valence-electron chi connectivity index (χ3n) is 3.43. The van der Waals surface area contributed by atoms with Crippen molar-refractivity contribution >= 4 is 48.5 Å². The molecule has 0 aliphatic carbocycles. The van der Waals surface area contributed by atoms with Crippen molar-refractivity contribution in [3.8, 4) is 0 Å². The van der Waals surface area contributed by atoms with Crippen molar-refractivity contribution in [3.63, 3.8) is 0 Å². The zero-order chi connectivity index (χ0) is 12.1. The summed E-state index contributed by atoms with van der Waals surface area (Å²) in [4.78, 5) is 3.47. The number of aromatic amines is 1. The van der Waals surface area contributed by atoms with Gasteiger partial charge in [-0.25, -0.2) is 0 Å². The van der Waals surface area contributed by atoms with Crippen LogP contribution in [-0.4, -0.2) is 4.98 Å². The molecule has 18 heavy (non-hydrogen) atoms. The van der Waals surface area contributed by atoms with Crippen LogP contribution in [-0.2, 0) is 0 Å². The van der Waals surface area contributed by atoms with E-state index in [9.17, 15) is 0 Å². The monoisotopic (exact) mass is 295 g/mol. The number of hydrogen-bond acceptors (Lipinski definition) is 0. The van der Waals surface area contributed by atoms with Crippen LogP contribution in [0.15, 0.2) is 59.1 Å². The minimum absolute atomic E-state index is 1.12. The van der Waals surface area contributed by atoms with Gasteiger partial charge in [0.1, 0.15) is 0 Å². The number of nitrogens with one attached hydrogen (secondary N) is 1. The fourth-order valence-corrected chi connectivity index (χ4v) is 2.95. The maximum atomic E-state index is 3.52. The fraction of sp³-hybridized carbons (Fsp3) is 0. The summed E-state index contributed by atoms with van der Waals surface area (Å²) in [6, 6.07) is 19.3. The zero-order valence-electron chi connectivity index (χ0n) is 9.57. The average molecular weight is 296 g/mol. The van der Waals surface area contributed by atoms with Crippen LogP contribution >= 0.6 is 15.9 Å². The highest BCUT2D eigenvalue weighted by molar-refractivity contribution is 9.10. The molecule has 86 valence electrons. The molecule has 0 aliphatic heterocycles. The van der Waals surface area contributed by atoms with Crippen LogP contribution in [0.1, 0.15) is 0 Å². The molecule has 4 rings (SSSR count). The summed E-state index contributed by atoms with van der Waals surface area (Å²) in [5.74, 6) is 0. The van der Waals surface area contributed by atoms with Gasteiger partial charge in [0.2, 0.25) is 0 Å². The Balaban J connectivity index is 2.23. The van der Waals surface area contributed by atoms with E-state index in [1.54, 1.807) is 0 Å². The van der Waals surface area contributed by atoms with E-state index in [4.69, 9.17) is 0 Å². The van der Waals surface area contributed by atoms with Crippen molar-refractivity contribution in [2.75, 3.05) is 0 Å². The van der Waals surface area contributed by atoms with E-state index in [1.165, 1.54) is 32.6 Å². The summed E-state index contributed by atoms with van der Waals surface area (Å²) in [6.45, 7) is 0. The second-order valence-electron chi connectivity index (χ2n) is 4.56. The molecule has 1 heterocycles. The largest absolute Gasteiger partial charge is 0.354 e. The lowest BCUT2D eigenvalue weighted by molar-refractivity contribution is 1.55. The highest BCUT2D eigenvalue weighted by Crippen LogP contribution is 2.30. The Bertz CT molecular complexity index is 889. The van der Waals surface area contributed by atoms with Gasteiger partial charge in [0, 0.05) is 26.3 Å². The molecule has 0 saturated heterocycles. The van der Waals surface area contributed by atoms with Gasteiger partial charge in [0.15, 0.2) is 0 Å². The second-order valence-corrected chi connectivity index (χ2v) is 5.48. The second kappa shape index (κ2) is 3.59. The predicted octanol–water partition coefficient (Wildman–Crippen LogP) is 5.24. The van der Waals surface area contributed by atoms with Gasteiger partial charge in [-0.15, -0.1) is 0 Å². The summed E-state index contributed by atoms with van der Waals surface area (Å²) in [6.07, 6.45) is 0. The lowest BCUT2D eigenvalue weighted by Gasteiger charge is -1.99. The Morgan fingerprint density at radius 3 is 2.56 bits per heavy atom. The molecule has 0 amide bonds. The van der Waals surface area contributed by atoms with E-state index >= 15 is 0 Å². The molecular weight excluding hydrogens is 286 g/mol. The van der Waals surface area contributed by atoms with Crippen molar-refractivity contribution in [1.29, 1.82) is 0 Å². The topological polar surface area (TPSA) is 15.8 Å². The van der Waals surface area contributed by atoms with Crippen LogP contribution in [0.4, 0.5) is 0 Å². The summed E-state index contributed by atoms with van der Waals surface area (Å²) < 4.78 is 1.12. The first-order valence-corrected chi connectivity index (χ1v) is 6.70. The molecule has 1 aromatic heterocycles. The Kier molecular flexibility index (Phi) is 2.03. The number of benzene rings is 3. The van der Waals surface area contributed by atoms with Gasteiger partial charge in [-0.3, -0.25) is 0 Å². The molecule has 2 heteroatoms. The predicted molar refractivity (Wildman–Crippen MR) is 81.0 cm³/mol. The third-order valence-corrected chi connectivity index (χ3v) is 3.92. The first-order chi connectivity index (χ1) is 8.81. The van der Waals surface area contributed by atoms with E-state index in [2.05, 4.69) is 75.5 Å². The fourth-order valence-electron chi connectivity index (χ4n) is 2.57. The van der Waals surface area contributed by atoms with E-state index in [0.29, 0.717) is 0 Å². The maximum absolute atomic E-state index is 3.52. The third kappa shape index (κ3) is 1.39. The van der Waals surface area contributed by atoms with Gasteiger partial charge in [0.25, 0.3) is 0 Å². The molecule has 0 fully saturated rings. The first kappa shape index (κ1) is 10.2. The number of hydrogen-bond donors (Lipinski definition) is 1. The minimum Gasteiger partial charge on any atom is -0.354 e. The van der Waals surface area contributed by atoms with Crippen molar-refractivity contribution in [2.24, 2.45) is 0 Å². The van der Waals surface area contributed by atoms with Crippen LogP contribution in [0.5, 0.6) is 0 Å². The molecule has 0 atom stereocenters.